The van der Waals surface area contributed by atoms with Gasteiger partial charge in [-0.3, -0.25) is 0 Å². The van der Waals surface area contributed by atoms with E-state index < -0.39 is 0 Å². The summed E-state index contributed by atoms with van der Waals surface area (Å²) in [6.45, 7) is 6.73. The first kappa shape index (κ1) is 17.6. The SMILES string of the molecule is COc1cc(CC2CCCNC2)ccc1OCCCN1CCCC1. The van der Waals surface area contributed by atoms with Crippen molar-refractivity contribution in [3.05, 3.63) is 23.8 Å². The van der Waals surface area contributed by atoms with Gasteiger partial charge in [0, 0.05) is 6.54 Å². The van der Waals surface area contributed by atoms with Crippen LogP contribution in [0.1, 0.15) is 37.7 Å². The molecular weight excluding hydrogens is 300 g/mol. The zero-order valence-electron chi connectivity index (χ0n) is 15.1. The Bertz CT molecular complexity index is 494. The Morgan fingerprint density at radius 1 is 1.17 bits per heavy atom. The van der Waals surface area contributed by atoms with Gasteiger partial charge in [-0.2, -0.15) is 0 Å². The molecule has 2 saturated heterocycles. The highest BCUT2D eigenvalue weighted by Gasteiger charge is 2.15. The lowest BCUT2D eigenvalue weighted by Gasteiger charge is -2.23. The van der Waals surface area contributed by atoms with Crippen LogP contribution >= 0.6 is 0 Å². The molecule has 24 heavy (non-hydrogen) atoms. The highest BCUT2D eigenvalue weighted by molar-refractivity contribution is 5.43. The maximum absolute atomic E-state index is 5.97. The average Bonchev–Trinajstić information content (AvgIpc) is 3.14. The van der Waals surface area contributed by atoms with Crippen molar-refractivity contribution in [2.75, 3.05) is 46.4 Å². The molecule has 0 aromatic heterocycles. The third-order valence-corrected chi connectivity index (χ3v) is 5.23. The largest absolute Gasteiger partial charge is 0.493 e. The first-order valence-corrected chi connectivity index (χ1v) is 9.58. The lowest BCUT2D eigenvalue weighted by Crippen LogP contribution is -2.30. The number of benzene rings is 1. The van der Waals surface area contributed by atoms with Crippen LogP contribution < -0.4 is 14.8 Å². The maximum Gasteiger partial charge on any atom is 0.161 e. The van der Waals surface area contributed by atoms with Crippen LogP contribution in [-0.4, -0.2) is 51.3 Å². The zero-order chi connectivity index (χ0) is 16.6. The summed E-state index contributed by atoms with van der Waals surface area (Å²) >= 11 is 0. The molecule has 3 rings (SSSR count). The van der Waals surface area contributed by atoms with Crippen LogP contribution in [-0.2, 0) is 6.42 Å². The summed E-state index contributed by atoms with van der Waals surface area (Å²) in [5.74, 6) is 2.50. The van der Waals surface area contributed by atoms with Crippen LogP contribution in [0.4, 0.5) is 0 Å². The van der Waals surface area contributed by atoms with Gasteiger partial charge in [-0.1, -0.05) is 6.07 Å². The molecule has 2 aliphatic rings. The topological polar surface area (TPSA) is 33.7 Å². The minimum atomic E-state index is 0.746. The van der Waals surface area contributed by atoms with Gasteiger partial charge in [0.2, 0.25) is 0 Å². The van der Waals surface area contributed by atoms with E-state index in [0.717, 1.165) is 50.0 Å². The van der Waals surface area contributed by atoms with E-state index in [1.54, 1.807) is 7.11 Å². The monoisotopic (exact) mass is 332 g/mol. The summed E-state index contributed by atoms with van der Waals surface area (Å²) in [5, 5.41) is 3.49. The third-order valence-electron chi connectivity index (χ3n) is 5.23. The van der Waals surface area contributed by atoms with Crippen LogP contribution in [0.5, 0.6) is 11.5 Å². The van der Waals surface area contributed by atoms with E-state index in [0.29, 0.717) is 0 Å². The Kier molecular flexibility index (Phi) is 6.79. The molecule has 0 spiro atoms. The average molecular weight is 332 g/mol. The summed E-state index contributed by atoms with van der Waals surface area (Å²) in [5.41, 5.74) is 1.35. The van der Waals surface area contributed by atoms with E-state index in [2.05, 4.69) is 28.4 Å². The highest BCUT2D eigenvalue weighted by Crippen LogP contribution is 2.30. The van der Waals surface area contributed by atoms with Crippen molar-refractivity contribution in [2.24, 2.45) is 5.92 Å². The summed E-state index contributed by atoms with van der Waals surface area (Å²) in [6, 6.07) is 6.44. The second-order valence-corrected chi connectivity index (χ2v) is 7.15. The molecule has 0 aliphatic carbocycles. The molecular formula is C20H32N2O2. The van der Waals surface area contributed by atoms with Crippen LogP contribution in [0, 0.1) is 5.92 Å². The third kappa shape index (κ3) is 5.12. The first-order chi connectivity index (χ1) is 11.8. The Balaban J connectivity index is 1.47. The molecule has 4 heteroatoms. The van der Waals surface area contributed by atoms with Crippen LogP contribution in [0.25, 0.3) is 0 Å². The number of nitrogens with zero attached hydrogens (tertiary/aromatic N) is 1. The van der Waals surface area contributed by atoms with E-state index in [4.69, 9.17) is 9.47 Å². The van der Waals surface area contributed by atoms with Gasteiger partial charge in [0.1, 0.15) is 0 Å². The number of rotatable bonds is 8. The Morgan fingerprint density at radius 3 is 2.79 bits per heavy atom. The molecule has 1 aromatic rings. The van der Waals surface area contributed by atoms with Crippen molar-refractivity contribution >= 4 is 0 Å². The molecule has 4 nitrogen and oxygen atoms in total. The number of hydrogen-bond donors (Lipinski definition) is 1. The molecule has 1 N–H and O–H groups in total. The van der Waals surface area contributed by atoms with Crippen molar-refractivity contribution in [3.63, 3.8) is 0 Å². The molecule has 0 amide bonds. The van der Waals surface area contributed by atoms with E-state index in [1.807, 2.05) is 0 Å². The predicted molar refractivity (Wildman–Crippen MR) is 98.1 cm³/mol. The molecule has 1 unspecified atom stereocenters. The zero-order valence-corrected chi connectivity index (χ0v) is 15.1. The molecule has 2 heterocycles. The number of nitrogens with one attached hydrogen (secondary N) is 1. The fourth-order valence-electron chi connectivity index (χ4n) is 3.87. The Labute approximate surface area is 146 Å². The molecule has 0 saturated carbocycles. The standard InChI is InChI=1S/C20H32N2O2/c1-23-20-15-17(14-18-6-4-9-21-16-18)7-8-19(20)24-13-5-12-22-10-2-3-11-22/h7-8,15,18,21H,2-6,9-14,16H2,1H3. The highest BCUT2D eigenvalue weighted by atomic mass is 16.5. The van der Waals surface area contributed by atoms with E-state index in [9.17, 15) is 0 Å². The van der Waals surface area contributed by atoms with Crippen molar-refractivity contribution in [1.29, 1.82) is 0 Å². The van der Waals surface area contributed by atoms with Gasteiger partial charge in [-0.25, -0.2) is 0 Å². The minimum absolute atomic E-state index is 0.746. The van der Waals surface area contributed by atoms with Gasteiger partial charge in [0.05, 0.1) is 13.7 Å². The number of hydrogen-bond acceptors (Lipinski definition) is 4. The number of ether oxygens (including phenoxy) is 2. The quantitative estimate of drug-likeness (QED) is 0.742. The predicted octanol–water partition coefficient (Wildman–Crippen LogP) is 3.10. The second-order valence-electron chi connectivity index (χ2n) is 7.15. The summed E-state index contributed by atoms with van der Waals surface area (Å²) in [7, 11) is 1.73. The summed E-state index contributed by atoms with van der Waals surface area (Å²) < 4.78 is 11.5. The molecule has 2 aliphatic heterocycles. The van der Waals surface area contributed by atoms with E-state index >= 15 is 0 Å². The van der Waals surface area contributed by atoms with Crippen molar-refractivity contribution in [2.45, 2.75) is 38.5 Å². The van der Waals surface area contributed by atoms with Gasteiger partial charge in [0.25, 0.3) is 0 Å². The van der Waals surface area contributed by atoms with Crippen molar-refractivity contribution in [1.82, 2.24) is 10.2 Å². The lowest BCUT2D eigenvalue weighted by atomic mass is 9.92. The van der Waals surface area contributed by atoms with Gasteiger partial charge < -0.3 is 19.7 Å². The van der Waals surface area contributed by atoms with Crippen LogP contribution in [0.15, 0.2) is 18.2 Å². The number of methoxy groups -OCH3 is 1. The van der Waals surface area contributed by atoms with Gasteiger partial charge >= 0.3 is 0 Å². The lowest BCUT2D eigenvalue weighted by molar-refractivity contribution is 0.254. The first-order valence-electron chi connectivity index (χ1n) is 9.58. The van der Waals surface area contributed by atoms with Crippen LogP contribution in [0.2, 0.25) is 0 Å². The summed E-state index contributed by atoms with van der Waals surface area (Å²) in [4.78, 5) is 2.53. The normalized spacial score (nSPS) is 21.8. The van der Waals surface area contributed by atoms with Gasteiger partial charge in [0.15, 0.2) is 11.5 Å². The number of likely N-dealkylation sites (tertiary alicyclic amines) is 1. The smallest absolute Gasteiger partial charge is 0.161 e. The Morgan fingerprint density at radius 2 is 2.04 bits per heavy atom. The molecule has 2 fully saturated rings. The Hall–Kier alpha value is -1.26. The molecule has 1 atom stereocenters. The van der Waals surface area contributed by atoms with Crippen LogP contribution in [0.3, 0.4) is 0 Å². The van der Waals surface area contributed by atoms with Crippen molar-refractivity contribution in [3.8, 4) is 11.5 Å². The number of piperidine rings is 1. The molecule has 0 radical (unpaired) electrons. The van der Waals surface area contributed by atoms with Gasteiger partial charge in [-0.15, -0.1) is 0 Å². The van der Waals surface area contributed by atoms with Crippen molar-refractivity contribution < 1.29 is 9.47 Å². The summed E-state index contributed by atoms with van der Waals surface area (Å²) in [6.07, 6.45) is 7.53. The molecule has 134 valence electrons. The molecule has 0 bridgehead atoms. The fraction of sp³-hybridized carbons (Fsp3) is 0.700. The van der Waals surface area contributed by atoms with E-state index in [1.165, 1.54) is 50.9 Å². The second kappa shape index (κ2) is 9.28. The van der Waals surface area contributed by atoms with Gasteiger partial charge in [-0.05, 0) is 88.3 Å². The minimum Gasteiger partial charge on any atom is -0.493 e. The molecule has 1 aromatic carbocycles. The fourth-order valence-corrected chi connectivity index (χ4v) is 3.87. The van der Waals surface area contributed by atoms with E-state index in [-0.39, 0.29) is 0 Å². The maximum atomic E-state index is 5.97.